The third kappa shape index (κ3) is 4.34. The molecule has 1 atom stereocenters. The Bertz CT molecular complexity index is 510. The summed E-state index contributed by atoms with van der Waals surface area (Å²) in [6.07, 6.45) is 0. The summed E-state index contributed by atoms with van der Waals surface area (Å²) in [5.74, 6) is -0.805. The van der Waals surface area contributed by atoms with E-state index in [1.54, 1.807) is 37.4 Å². The lowest BCUT2D eigenvalue weighted by molar-refractivity contribution is -0.160. The Morgan fingerprint density at radius 3 is 2.15 bits per heavy atom. The van der Waals surface area contributed by atoms with Gasteiger partial charge in [-0.3, -0.25) is 14.9 Å². The zero-order chi connectivity index (χ0) is 15.5. The number of amides is 1. The van der Waals surface area contributed by atoms with Gasteiger partial charge >= 0.3 is 0 Å². The molecule has 0 radical (unpaired) electrons. The summed E-state index contributed by atoms with van der Waals surface area (Å²) in [5.41, 5.74) is 0.757. The molecule has 1 aromatic rings. The average molecular weight is 300 g/mol. The minimum absolute atomic E-state index is 0.0514. The molecule has 0 bridgehead atoms. The topological polar surface area (TPSA) is 81.1 Å². The summed E-state index contributed by atoms with van der Waals surface area (Å²) >= 11 is 0. The predicted molar refractivity (Wildman–Crippen MR) is 77.5 cm³/mol. The van der Waals surface area contributed by atoms with E-state index in [1.807, 2.05) is 0 Å². The number of phenols is 1. The molecule has 1 rings (SSSR count). The van der Waals surface area contributed by atoms with E-state index in [0.29, 0.717) is 5.06 Å². The van der Waals surface area contributed by atoms with Crippen molar-refractivity contribution in [1.82, 2.24) is 9.96 Å². The van der Waals surface area contributed by atoms with Crippen molar-refractivity contribution in [3.05, 3.63) is 29.8 Å². The number of hydroxylamine groups is 2. The maximum absolute atomic E-state index is 12.5. The van der Waals surface area contributed by atoms with E-state index >= 15 is 0 Å². The van der Waals surface area contributed by atoms with Crippen LogP contribution in [0.4, 0.5) is 0 Å². The van der Waals surface area contributed by atoms with E-state index in [4.69, 9.17) is 5.21 Å². The Morgan fingerprint density at radius 1 is 1.25 bits per heavy atom. The molecule has 20 heavy (non-hydrogen) atoms. The fourth-order valence-corrected chi connectivity index (χ4v) is 4.06. The van der Waals surface area contributed by atoms with Crippen molar-refractivity contribution in [3.63, 3.8) is 0 Å². The van der Waals surface area contributed by atoms with Gasteiger partial charge in [0.05, 0.1) is 12.3 Å². The van der Waals surface area contributed by atoms with Gasteiger partial charge in [0.25, 0.3) is 5.91 Å². The first-order chi connectivity index (χ1) is 9.12. The number of carbonyl (C=O) groups excluding carboxylic acids is 1. The normalized spacial score (nSPS) is 13.3. The summed E-state index contributed by atoms with van der Waals surface area (Å²) in [6.45, 7) is 3.24. The van der Waals surface area contributed by atoms with Gasteiger partial charge in [-0.05, 0) is 38.1 Å². The molecule has 0 aliphatic heterocycles. The first kappa shape index (κ1) is 16.7. The van der Waals surface area contributed by atoms with E-state index < -0.39 is 18.8 Å². The SMILES string of the molecule is CN(O)C(=O)CN(C)C(c1ccc(O)cc1)P(C)(C)=O. The Kier molecular flexibility index (Phi) is 5.34. The highest BCUT2D eigenvalue weighted by molar-refractivity contribution is 7.62. The van der Waals surface area contributed by atoms with Gasteiger partial charge in [0.15, 0.2) is 0 Å². The molecule has 1 amide bonds. The van der Waals surface area contributed by atoms with E-state index in [9.17, 15) is 14.5 Å². The molecule has 0 spiro atoms. The van der Waals surface area contributed by atoms with E-state index in [-0.39, 0.29) is 12.3 Å². The van der Waals surface area contributed by atoms with Crippen LogP contribution in [0.25, 0.3) is 0 Å². The third-order valence-electron chi connectivity index (χ3n) is 2.94. The van der Waals surface area contributed by atoms with Gasteiger partial charge in [0, 0.05) is 7.05 Å². The standard InChI is InChI=1S/C13H21N2O4P/c1-14(9-12(17)15(2)18)13(20(3,4)19)10-5-7-11(16)8-6-10/h5-8,13,16,18H,9H2,1-4H3. The number of rotatable bonds is 5. The van der Waals surface area contributed by atoms with Gasteiger partial charge < -0.3 is 9.67 Å². The van der Waals surface area contributed by atoms with Crippen LogP contribution in [0.1, 0.15) is 11.3 Å². The first-order valence-corrected chi connectivity index (χ1v) is 8.79. The van der Waals surface area contributed by atoms with Crippen molar-refractivity contribution in [2.24, 2.45) is 0 Å². The van der Waals surface area contributed by atoms with Crippen LogP contribution in [0.3, 0.4) is 0 Å². The van der Waals surface area contributed by atoms with Crippen LogP contribution in [0, 0.1) is 0 Å². The maximum atomic E-state index is 12.5. The summed E-state index contributed by atoms with van der Waals surface area (Å²) in [7, 11) is 0.369. The molecule has 112 valence electrons. The highest BCUT2D eigenvalue weighted by Crippen LogP contribution is 2.54. The average Bonchev–Trinajstić information content (AvgIpc) is 2.30. The molecule has 7 heteroatoms. The lowest BCUT2D eigenvalue weighted by atomic mass is 10.2. The number of carbonyl (C=O) groups is 1. The Morgan fingerprint density at radius 2 is 1.75 bits per heavy atom. The molecule has 0 saturated carbocycles. The molecular weight excluding hydrogens is 279 g/mol. The van der Waals surface area contributed by atoms with Crippen molar-refractivity contribution in [1.29, 1.82) is 0 Å². The highest BCUT2D eigenvalue weighted by atomic mass is 31.2. The number of nitrogens with zero attached hydrogens (tertiary/aromatic N) is 2. The zero-order valence-corrected chi connectivity index (χ0v) is 13.0. The number of phenolic OH excluding ortho intramolecular Hbond substituents is 1. The fourth-order valence-electron chi connectivity index (χ4n) is 2.14. The molecule has 0 saturated heterocycles. The van der Waals surface area contributed by atoms with Crippen molar-refractivity contribution in [2.45, 2.75) is 5.78 Å². The van der Waals surface area contributed by atoms with Crippen LogP contribution < -0.4 is 0 Å². The zero-order valence-electron chi connectivity index (χ0n) is 12.1. The molecular formula is C13H21N2O4P. The summed E-state index contributed by atoms with van der Waals surface area (Å²) in [5, 5.41) is 19.0. The summed E-state index contributed by atoms with van der Waals surface area (Å²) in [6, 6.07) is 6.41. The van der Waals surface area contributed by atoms with Crippen molar-refractivity contribution in [2.75, 3.05) is 34.0 Å². The minimum atomic E-state index is -2.56. The third-order valence-corrected chi connectivity index (χ3v) is 4.81. The van der Waals surface area contributed by atoms with Crippen LogP contribution in [0.2, 0.25) is 0 Å². The molecule has 6 nitrogen and oxygen atoms in total. The van der Waals surface area contributed by atoms with E-state index in [0.717, 1.165) is 5.56 Å². The molecule has 0 aliphatic carbocycles. The van der Waals surface area contributed by atoms with Gasteiger partial charge in [0.2, 0.25) is 0 Å². The Balaban J connectivity index is 3.05. The maximum Gasteiger partial charge on any atom is 0.259 e. The van der Waals surface area contributed by atoms with E-state index in [2.05, 4.69) is 0 Å². The fraction of sp³-hybridized carbons (Fsp3) is 0.462. The first-order valence-electron chi connectivity index (χ1n) is 6.12. The van der Waals surface area contributed by atoms with Gasteiger partial charge in [-0.25, -0.2) is 5.06 Å². The molecule has 2 N–H and O–H groups in total. The Labute approximate surface area is 118 Å². The van der Waals surface area contributed by atoms with Crippen LogP contribution in [-0.4, -0.2) is 60.2 Å². The van der Waals surface area contributed by atoms with Crippen molar-refractivity contribution < 1.29 is 19.7 Å². The van der Waals surface area contributed by atoms with E-state index in [1.165, 1.54) is 19.2 Å². The molecule has 1 unspecified atom stereocenters. The van der Waals surface area contributed by atoms with Crippen LogP contribution in [0.15, 0.2) is 24.3 Å². The number of benzene rings is 1. The van der Waals surface area contributed by atoms with Crippen molar-refractivity contribution in [3.8, 4) is 5.75 Å². The number of hydrogen-bond donors (Lipinski definition) is 2. The number of hydrogen-bond acceptors (Lipinski definition) is 5. The van der Waals surface area contributed by atoms with Crippen LogP contribution >= 0.6 is 7.14 Å². The molecule has 0 aliphatic rings. The smallest absolute Gasteiger partial charge is 0.259 e. The quantitative estimate of drug-likeness (QED) is 0.492. The number of aromatic hydroxyl groups is 1. The Hall–Kier alpha value is -1.36. The molecule has 0 heterocycles. The molecule has 0 fully saturated rings. The molecule has 0 aromatic heterocycles. The predicted octanol–water partition coefficient (Wildman–Crippen LogP) is 1.79. The lowest BCUT2D eigenvalue weighted by Crippen LogP contribution is -2.36. The van der Waals surface area contributed by atoms with Gasteiger partial charge in [0.1, 0.15) is 12.9 Å². The highest BCUT2D eigenvalue weighted by Gasteiger charge is 2.30. The van der Waals surface area contributed by atoms with Crippen LogP contribution in [-0.2, 0) is 9.36 Å². The van der Waals surface area contributed by atoms with Crippen LogP contribution in [0.5, 0.6) is 5.75 Å². The monoisotopic (exact) mass is 300 g/mol. The second kappa shape index (κ2) is 6.39. The lowest BCUT2D eigenvalue weighted by Gasteiger charge is -2.31. The number of likely N-dealkylation sites (N-methyl/N-ethyl adjacent to an activating group) is 2. The van der Waals surface area contributed by atoms with Crippen molar-refractivity contribution >= 4 is 13.0 Å². The molecule has 1 aromatic carbocycles. The van der Waals surface area contributed by atoms with Gasteiger partial charge in [-0.1, -0.05) is 12.1 Å². The van der Waals surface area contributed by atoms with Gasteiger partial charge in [-0.15, -0.1) is 0 Å². The second-order valence-electron chi connectivity index (χ2n) is 5.23. The van der Waals surface area contributed by atoms with Gasteiger partial charge in [-0.2, -0.15) is 0 Å². The minimum Gasteiger partial charge on any atom is -0.508 e. The largest absolute Gasteiger partial charge is 0.508 e. The second-order valence-corrected chi connectivity index (χ2v) is 8.59. The summed E-state index contributed by atoms with van der Waals surface area (Å²) in [4.78, 5) is 13.2. The summed E-state index contributed by atoms with van der Waals surface area (Å²) < 4.78 is 12.5.